The monoisotopic (exact) mass is 522 g/mol. The largest absolute Gasteiger partial charge is 0.493 e. The Labute approximate surface area is 222 Å². The molecule has 1 saturated heterocycles. The maximum atomic E-state index is 13.7. The van der Waals surface area contributed by atoms with E-state index in [2.05, 4.69) is 0 Å². The normalized spacial score (nSPS) is 14.8. The summed E-state index contributed by atoms with van der Waals surface area (Å²) in [6, 6.07) is 18.9. The van der Waals surface area contributed by atoms with Crippen molar-refractivity contribution in [2.45, 2.75) is 31.9 Å². The van der Waals surface area contributed by atoms with Gasteiger partial charge in [0.1, 0.15) is 6.54 Å². The smallest absolute Gasteiger partial charge is 0.254 e. The Morgan fingerprint density at radius 3 is 2.49 bits per heavy atom. The number of thiophene rings is 1. The summed E-state index contributed by atoms with van der Waals surface area (Å²) in [5.41, 5.74) is 1.61. The zero-order valence-corrected chi connectivity index (χ0v) is 22.2. The fourth-order valence-corrected chi connectivity index (χ4v) is 5.18. The molecule has 3 aromatic rings. The molecule has 0 N–H and O–H groups in total. The molecule has 1 aromatic heterocycles. The Kier molecular flexibility index (Phi) is 9.57. The summed E-state index contributed by atoms with van der Waals surface area (Å²) in [7, 11) is 3.22. The fourth-order valence-electron chi connectivity index (χ4n) is 4.46. The highest BCUT2D eigenvalue weighted by atomic mass is 32.1. The SMILES string of the molecule is COc1ccc(CCN(Cc2cccs2)C(=O)CN(CC2CCCO2)C(=O)c2ccccc2)cc1OC. The molecule has 0 bridgehead atoms. The zero-order valence-electron chi connectivity index (χ0n) is 21.4. The van der Waals surface area contributed by atoms with E-state index in [0.717, 1.165) is 23.3 Å². The predicted molar refractivity (Wildman–Crippen MR) is 144 cm³/mol. The Balaban J connectivity index is 1.50. The summed E-state index contributed by atoms with van der Waals surface area (Å²) >= 11 is 1.62. The Morgan fingerprint density at radius 2 is 1.81 bits per heavy atom. The van der Waals surface area contributed by atoms with Gasteiger partial charge in [0, 0.05) is 30.1 Å². The molecule has 37 heavy (non-hydrogen) atoms. The lowest BCUT2D eigenvalue weighted by Crippen LogP contribution is -2.45. The minimum atomic E-state index is -0.152. The van der Waals surface area contributed by atoms with Gasteiger partial charge in [0.2, 0.25) is 5.91 Å². The first-order valence-corrected chi connectivity index (χ1v) is 13.4. The van der Waals surface area contributed by atoms with Crippen molar-refractivity contribution in [3.63, 3.8) is 0 Å². The number of benzene rings is 2. The van der Waals surface area contributed by atoms with Gasteiger partial charge in [0.15, 0.2) is 11.5 Å². The highest BCUT2D eigenvalue weighted by Crippen LogP contribution is 2.28. The van der Waals surface area contributed by atoms with Crippen LogP contribution in [-0.4, -0.2) is 68.2 Å². The van der Waals surface area contributed by atoms with Gasteiger partial charge in [0.05, 0.1) is 26.9 Å². The lowest BCUT2D eigenvalue weighted by atomic mass is 10.1. The van der Waals surface area contributed by atoms with Crippen LogP contribution in [0.5, 0.6) is 11.5 Å². The third-order valence-electron chi connectivity index (χ3n) is 6.48. The van der Waals surface area contributed by atoms with Gasteiger partial charge in [-0.3, -0.25) is 9.59 Å². The van der Waals surface area contributed by atoms with Gasteiger partial charge in [0.25, 0.3) is 5.91 Å². The third-order valence-corrected chi connectivity index (χ3v) is 7.34. The third kappa shape index (κ3) is 7.33. The van der Waals surface area contributed by atoms with Crippen molar-refractivity contribution in [3.05, 3.63) is 82.0 Å². The first kappa shape index (κ1) is 26.7. The molecular formula is C29H34N2O5S. The molecule has 1 fully saturated rings. The highest BCUT2D eigenvalue weighted by Gasteiger charge is 2.27. The van der Waals surface area contributed by atoms with Crippen LogP contribution in [0.3, 0.4) is 0 Å². The summed E-state index contributed by atoms with van der Waals surface area (Å²) in [6.45, 7) is 2.12. The van der Waals surface area contributed by atoms with E-state index >= 15 is 0 Å². The van der Waals surface area contributed by atoms with Gasteiger partial charge in [-0.05, 0) is 60.5 Å². The number of carbonyl (C=O) groups is 2. The van der Waals surface area contributed by atoms with Crippen LogP contribution in [0.4, 0.5) is 0 Å². The van der Waals surface area contributed by atoms with Gasteiger partial charge < -0.3 is 24.0 Å². The first-order chi connectivity index (χ1) is 18.1. The number of hydrogen-bond acceptors (Lipinski definition) is 6. The molecule has 7 nitrogen and oxygen atoms in total. The van der Waals surface area contributed by atoms with Crippen molar-refractivity contribution in [3.8, 4) is 11.5 Å². The summed E-state index contributed by atoms with van der Waals surface area (Å²) in [5, 5.41) is 2.01. The molecular weight excluding hydrogens is 488 g/mol. The second kappa shape index (κ2) is 13.3. The number of amides is 2. The summed E-state index contributed by atoms with van der Waals surface area (Å²) in [6.07, 6.45) is 2.47. The standard InChI is InChI=1S/C29H34N2O5S/c1-34-26-13-12-22(18-27(26)35-2)14-15-30(20-25-11-7-17-37-25)28(32)21-31(19-24-10-6-16-36-24)29(33)23-8-4-3-5-9-23/h3-5,7-9,11-13,17-18,24H,6,10,14-16,19-21H2,1-2H3. The first-order valence-electron chi connectivity index (χ1n) is 12.5. The van der Waals surface area contributed by atoms with Gasteiger partial charge >= 0.3 is 0 Å². The molecule has 1 unspecified atom stereocenters. The Morgan fingerprint density at radius 1 is 1.00 bits per heavy atom. The van der Waals surface area contributed by atoms with E-state index in [1.165, 1.54) is 0 Å². The number of nitrogens with zero attached hydrogens (tertiary/aromatic N) is 2. The summed E-state index contributed by atoms with van der Waals surface area (Å²) < 4.78 is 16.6. The number of rotatable bonds is 12. The summed E-state index contributed by atoms with van der Waals surface area (Å²) in [5.74, 6) is 1.09. The number of methoxy groups -OCH3 is 2. The van der Waals surface area contributed by atoms with Crippen LogP contribution in [0.15, 0.2) is 66.0 Å². The molecule has 0 saturated carbocycles. The van der Waals surface area contributed by atoms with Crippen LogP contribution < -0.4 is 9.47 Å². The number of hydrogen-bond donors (Lipinski definition) is 0. The zero-order chi connectivity index (χ0) is 26.0. The highest BCUT2D eigenvalue weighted by molar-refractivity contribution is 7.09. The summed E-state index contributed by atoms with van der Waals surface area (Å²) in [4.78, 5) is 31.7. The lowest BCUT2D eigenvalue weighted by Gasteiger charge is -2.29. The van der Waals surface area contributed by atoms with Crippen molar-refractivity contribution >= 4 is 23.2 Å². The molecule has 2 amide bonds. The minimum Gasteiger partial charge on any atom is -0.493 e. The number of carbonyl (C=O) groups excluding carboxylic acids is 2. The van der Waals surface area contributed by atoms with Gasteiger partial charge in [-0.2, -0.15) is 0 Å². The fraction of sp³-hybridized carbons (Fsp3) is 0.379. The quantitative estimate of drug-likeness (QED) is 0.346. The Bertz CT molecular complexity index is 1150. The van der Waals surface area contributed by atoms with Crippen molar-refractivity contribution in [1.82, 2.24) is 9.80 Å². The average molecular weight is 523 g/mol. The van der Waals surface area contributed by atoms with Crippen molar-refractivity contribution in [2.75, 3.05) is 40.5 Å². The predicted octanol–water partition coefficient (Wildman–Crippen LogP) is 4.66. The van der Waals surface area contributed by atoms with E-state index in [-0.39, 0.29) is 24.5 Å². The molecule has 2 heterocycles. The van der Waals surface area contributed by atoms with E-state index in [4.69, 9.17) is 14.2 Å². The van der Waals surface area contributed by atoms with E-state index < -0.39 is 0 Å². The van der Waals surface area contributed by atoms with Crippen LogP contribution in [0.2, 0.25) is 0 Å². The molecule has 8 heteroatoms. The van der Waals surface area contributed by atoms with E-state index in [9.17, 15) is 9.59 Å². The van der Waals surface area contributed by atoms with Gasteiger partial charge in [-0.25, -0.2) is 0 Å². The molecule has 0 radical (unpaired) electrons. The van der Waals surface area contributed by atoms with Crippen molar-refractivity contribution < 1.29 is 23.8 Å². The number of ether oxygens (including phenoxy) is 3. The van der Waals surface area contributed by atoms with Crippen LogP contribution in [0, 0.1) is 0 Å². The topological polar surface area (TPSA) is 68.3 Å². The van der Waals surface area contributed by atoms with Crippen LogP contribution >= 0.6 is 11.3 Å². The molecule has 0 spiro atoms. The molecule has 1 atom stereocenters. The van der Waals surface area contributed by atoms with Crippen molar-refractivity contribution in [2.24, 2.45) is 0 Å². The second-order valence-corrected chi connectivity index (χ2v) is 10.1. The Hall–Kier alpha value is -3.36. The minimum absolute atomic E-state index is 0.00486. The van der Waals surface area contributed by atoms with E-state index in [1.807, 2.05) is 58.8 Å². The molecule has 0 aliphatic carbocycles. The van der Waals surface area contributed by atoms with Crippen LogP contribution in [0.1, 0.15) is 33.6 Å². The van der Waals surface area contributed by atoms with Crippen LogP contribution in [-0.2, 0) is 22.5 Å². The van der Waals surface area contributed by atoms with E-state index in [1.54, 1.807) is 42.6 Å². The maximum absolute atomic E-state index is 13.7. The van der Waals surface area contributed by atoms with Crippen LogP contribution in [0.25, 0.3) is 0 Å². The molecule has 196 valence electrons. The van der Waals surface area contributed by atoms with Crippen molar-refractivity contribution in [1.29, 1.82) is 0 Å². The van der Waals surface area contributed by atoms with Gasteiger partial charge in [-0.15, -0.1) is 11.3 Å². The molecule has 1 aliphatic rings. The maximum Gasteiger partial charge on any atom is 0.254 e. The van der Waals surface area contributed by atoms with Gasteiger partial charge in [-0.1, -0.05) is 30.3 Å². The van der Waals surface area contributed by atoms with E-state index in [0.29, 0.717) is 49.7 Å². The average Bonchev–Trinajstić information content (AvgIpc) is 3.65. The second-order valence-electron chi connectivity index (χ2n) is 9.02. The molecule has 1 aliphatic heterocycles. The molecule has 2 aromatic carbocycles. The molecule has 4 rings (SSSR count). The lowest BCUT2D eigenvalue weighted by molar-refractivity contribution is -0.132.